The van der Waals surface area contributed by atoms with E-state index in [-0.39, 0.29) is 24.9 Å². The quantitative estimate of drug-likeness (QED) is 0.0268. The van der Waals surface area contributed by atoms with Gasteiger partial charge in [0.15, 0.2) is 6.29 Å². The van der Waals surface area contributed by atoms with Crippen LogP contribution < -0.4 is 0 Å². The molecule has 3 atom stereocenters. The molecule has 0 aromatic rings. The summed E-state index contributed by atoms with van der Waals surface area (Å²) in [7, 11) is 4.04. The van der Waals surface area contributed by atoms with Crippen molar-refractivity contribution in [3.8, 4) is 0 Å². The van der Waals surface area contributed by atoms with Crippen LogP contribution in [0.5, 0.6) is 0 Å². The highest BCUT2D eigenvalue weighted by molar-refractivity contribution is 8.76. The zero-order valence-corrected chi connectivity index (χ0v) is 45.9. The number of unbranched alkanes of at least 4 members (excludes halogenated alkanes) is 26. The Balaban J connectivity index is 2.41. The van der Waals surface area contributed by atoms with Crippen LogP contribution in [0, 0.1) is 0 Å². The molecule has 0 amide bonds. The van der Waals surface area contributed by atoms with Crippen molar-refractivity contribution < 1.29 is 25.2 Å². The van der Waals surface area contributed by atoms with E-state index in [1.807, 2.05) is 21.6 Å². The molecular formula is C56H115N3O5S2. The number of piperazine rings is 1. The molecule has 66 heavy (non-hydrogen) atoms. The van der Waals surface area contributed by atoms with Crippen LogP contribution >= 0.6 is 21.6 Å². The van der Waals surface area contributed by atoms with Gasteiger partial charge in [0.05, 0.1) is 24.9 Å². The van der Waals surface area contributed by atoms with Gasteiger partial charge >= 0.3 is 0 Å². The maximum atomic E-state index is 11.2. The first-order valence-electron chi connectivity index (χ1n) is 29.1. The Morgan fingerprint density at radius 2 is 0.788 bits per heavy atom. The Hall–Kier alpha value is 0.380. The number of hydrogen-bond acceptors (Lipinski definition) is 10. The Bertz CT molecular complexity index is 935. The van der Waals surface area contributed by atoms with Gasteiger partial charge < -0.3 is 30.1 Å². The number of nitrogens with zero attached hydrogens (tertiary/aromatic N) is 3. The molecule has 1 rings (SSSR count). The van der Waals surface area contributed by atoms with Crippen molar-refractivity contribution in [2.45, 2.75) is 283 Å². The van der Waals surface area contributed by atoms with E-state index < -0.39 is 6.29 Å². The average molecular weight is 975 g/mol. The fourth-order valence-corrected chi connectivity index (χ4v) is 12.0. The lowest BCUT2D eigenvalue weighted by Gasteiger charge is -2.34. The number of β-amino-alcohol motifs (C(OH)–C–C–N with tert-alkyl or cyclic N) is 1. The van der Waals surface area contributed by atoms with Gasteiger partial charge in [-0.05, 0) is 77.3 Å². The van der Waals surface area contributed by atoms with Crippen LogP contribution in [0.25, 0.3) is 0 Å². The topological polar surface area (TPSA) is 99.9 Å². The molecule has 1 aliphatic heterocycles. The summed E-state index contributed by atoms with van der Waals surface area (Å²) < 4.78 is 6.28. The standard InChI is InChI=1S/C56H115N3O5S2/c1-4-7-10-13-16-17-18-19-20-21-22-23-27-36-53(61)51-59(42-33-35-50-66-65-49-34-32-41-57-43-45-58(46-44-57)47-48-60)52-54(62)37-28-26-31-40-56(63)64-55(38-29-24-14-11-8-5-2)39-30-25-15-12-9-6-3/h53-56,60-63H,4-52H2,1-3H3. The predicted molar refractivity (Wildman–Crippen MR) is 292 cm³/mol. The molecule has 1 saturated heterocycles. The third kappa shape index (κ3) is 43.2. The van der Waals surface area contributed by atoms with Crippen LogP contribution in [0.1, 0.15) is 258 Å². The molecule has 0 aliphatic carbocycles. The van der Waals surface area contributed by atoms with Gasteiger partial charge in [-0.25, -0.2) is 0 Å². The minimum atomic E-state index is -0.682. The second-order valence-corrected chi connectivity index (χ2v) is 23.2. The molecular weight excluding hydrogens is 859 g/mol. The van der Waals surface area contributed by atoms with E-state index in [0.717, 1.165) is 103 Å². The minimum absolute atomic E-state index is 0.175. The Labute approximate surface area is 419 Å². The number of rotatable bonds is 53. The number of aliphatic hydroxyl groups excluding tert-OH is 4. The van der Waals surface area contributed by atoms with Gasteiger partial charge in [0.2, 0.25) is 0 Å². The molecule has 10 heteroatoms. The lowest BCUT2D eigenvalue weighted by molar-refractivity contribution is -0.144. The van der Waals surface area contributed by atoms with Crippen molar-refractivity contribution >= 4 is 21.6 Å². The molecule has 0 spiro atoms. The molecule has 1 heterocycles. The van der Waals surface area contributed by atoms with Gasteiger partial charge in [-0.3, -0.25) is 9.80 Å². The van der Waals surface area contributed by atoms with Crippen LogP contribution in [0.4, 0.5) is 0 Å². The molecule has 0 saturated carbocycles. The van der Waals surface area contributed by atoms with E-state index in [2.05, 4.69) is 35.5 Å². The van der Waals surface area contributed by atoms with E-state index in [1.165, 1.54) is 186 Å². The summed E-state index contributed by atoms with van der Waals surface area (Å²) >= 11 is 0. The summed E-state index contributed by atoms with van der Waals surface area (Å²) in [6.45, 7) is 15.8. The molecule has 0 aromatic heterocycles. The number of aliphatic hydroxyl groups is 4. The number of ether oxygens (including phenoxy) is 1. The highest BCUT2D eigenvalue weighted by atomic mass is 33.1. The van der Waals surface area contributed by atoms with Gasteiger partial charge in [0.1, 0.15) is 0 Å². The third-order valence-electron chi connectivity index (χ3n) is 14.0. The van der Waals surface area contributed by atoms with Gasteiger partial charge in [-0.1, -0.05) is 216 Å². The van der Waals surface area contributed by atoms with Gasteiger partial charge in [0, 0.05) is 57.3 Å². The first-order chi connectivity index (χ1) is 32.4. The van der Waals surface area contributed by atoms with Crippen molar-refractivity contribution in [1.82, 2.24) is 14.7 Å². The van der Waals surface area contributed by atoms with E-state index in [0.29, 0.717) is 19.5 Å². The largest absolute Gasteiger partial charge is 0.395 e. The summed E-state index contributed by atoms with van der Waals surface area (Å²) in [6, 6.07) is 0. The average Bonchev–Trinajstić information content (AvgIpc) is 3.31. The molecule has 1 aliphatic rings. The van der Waals surface area contributed by atoms with E-state index >= 15 is 0 Å². The molecule has 396 valence electrons. The Morgan fingerprint density at radius 3 is 1.23 bits per heavy atom. The van der Waals surface area contributed by atoms with Crippen molar-refractivity contribution in [3.05, 3.63) is 0 Å². The molecule has 0 aromatic carbocycles. The summed E-state index contributed by atoms with van der Waals surface area (Å²) in [5, 5.41) is 42.4. The normalized spacial score (nSPS) is 15.4. The van der Waals surface area contributed by atoms with Crippen LogP contribution in [-0.4, -0.2) is 137 Å². The first kappa shape index (κ1) is 64.4. The number of hydrogen-bond donors (Lipinski definition) is 4. The molecule has 1 fully saturated rings. The first-order valence-corrected chi connectivity index (χ1v) is 31.6. The van der Waals surface area contributed by atoms with E-state index in [4.69, 9.17) is 4.74 Å². The van der Waals surface area contributed by atoms with Crippen molar-refractivity contribution in [2.75, 3.05) is 77.0 Å². The maximum absolute atomic E-state index is 11.2. The monoisotopic (exact) mass is 974 g/mol. The van der Waals surface area contributed by atoms with Crippen molar-refractivity contribution in [1.29, 1.82) is 0 Å². The molecule has 0 radical (unpaired) electrons. The van der Waals surface area contributed by atoms with Gasteiger partial charge in [-0.2, -0.15) is 0 Å². The molecule has 0 bridgehead atoms. The van der Waals surface area contributed by atoms with Crippen LogP contribution in [-0.2, 0) is 4.74 Å². The minimum Gasteiger partial charge on any atom is -0.395 e. The van der Waals surface area contributed by atoms with Crippen LogP contribution in [0.3, 0.4) is 0 Å². The second-order valence-electron chi connectivity index (χ2n) is 20.5. The predicted octanol–water partition coefficient (Wildman–Crippen LogP) is 14.2. The van der Waals surface area contributed by atoms with Gasteiger partial charge in [-0.15, -0.1) is 0 Å². The Morgan fingerprint density at radius 1 is 0.424 bits per heavy atom. The molecule has 3 unspecified atom stereocenters. The summed E-state index contributed by atoms with van der Waals surface area (Å²) in [6.07, 6.45) is 43.8. The zero-order chi connectivity index (χ0) is 47.8. The highest BCUT2D eigenvalue weighted by Gasteiger charge is 2.18. The fraction of sp³-hybridized carbons (Fsp3) is 1.00. The van der Waals surface area contributed by atoms with Gasteiger partial charge in [0.25, 0.3) is 0 Å². The maximum Gasteiger partial charge on any atom is 0.154 e. The Kier molecular flexibility index (Phi) is 49.1. The van der Waals surface area contributed by atoms with E-state index in [1.54, 1.807) is 0 Å². The zero-order valence-electron chi connectivity index (χ0n) is 44.3. The fourth-order valence-electron chi connectivity index (χ4n) is 9.67. The lowest BCUT2D eigenvalue weighted by atomic mass is 10.0. The molecule has 4 N–H and O–H groups in total. The smallest absolute Gasteiger partial charge is 0.154 e. The second kappa shape index (κ2) is 50.3. The van der Waals surface area contributed by atoms with Crippen molar-refractivity contribution in [2.24, 2.45) is 0 Å². The summed E-state index contributed by atoms with van der Waals surface area (Å²) in [5.41, 5.74) is 0. The SMILES string of the molecule is CCCCCCCCCCCCCCCC(O)CN(CCCCSSCCCCN1CCN(CCO)CC1)CC(O)CCCCCC(O)OC(CCCCCCCC)CCCCCCCC. The summed E-state index contributed by atoms with van der Waals surface area (Å²) in [5.74, 6) is 2.37. The highest BCUT2D eigenvalue weighted by Crippen LogP contribution is 2.25. The third-order valence-corrected chi connectivity index (χ3v) is 16.6. The lowest BCUT2D eigenvalue weighted by Crippen LogP contribution is -2.47. The van der Waals surface area contributed by atoms with Crippen LogP contribution in [0.2, 0.25) is 0 Å². The molecule has 8 nitrogen and oxygen atoms in total. The van der Waals surface area contributed by atoms with E-state index in [9.17, 15) is 20.4 Å². The summed E-state index contributed by atoms with van der Waals surface area (Å²) in [4.78, 5) is 7.30. The van der Waals surface area contributed by atoms with Crippen LogP contribution in [0.15, 0.2) is 0 Å². The van der Waals surface area contributed by atoms with Crippen molar-refractivity contribution in [3.63, 3.8) is 0 Å².